The summed E-state index contributed by atoms with van der Waals surface area (Å²) in [5.41, 5.74) is 1.92. The Labute approximate surface area is 122 Å². The van der Waals surface area contributed by atoms with Crippen LogP contribution in [0.15, 0.2) is 30.3 Å². The van der Waals surface area contributed by atoms with Gasteiger partial charge in [0.15, 0.2) is 0 Å². The molecule has 0 saturated carbocycles. The zero-order valence-electron chi connectivity index (χ0n) is 11.7. The minimum atomic E-state index is -4.69. The van der Waals surface area contributed by atoms with Gasteiger partial charge in [-0.2, -0.15) is 5.10 Å². The van der Waals surface area contributed by atoms with Crippen molar-refractivity contribution in [1.29, 1.82) is 0 Å². The molecule has 1 aromatic heterocycles. The first-order valence-corrected chi connectivity index (χ1v) is 6.45. The van der Waals surface area contributed by atoms with Gasteiger partial charge < -0.3 is 4.74 Å². The van der Waals surface area contributed by atoms with Crippen molar-refractivity contribution in [2.75, 3.05) is 0 Å². The second kappa shape index (κ2) is 5.83. The van der Waals surface area contributed by atoms with E-state index in [1.54, 1.807) is 10.7 Å². The van der Waals surface area contributed by atoms with Crippen LogP contribution in [0.2, 0.25) is 0 Å². The van der Waals surface area contributed by atoms with Gasteiger partial charge in [0.2, 0.25) is 0 Å². The van der Waals surface area contributed by atoms with E-state index >= 15 is 0 Å². The Hall–Kier alpha value is -1.92. The van der Waals surface area contributed by atoms with Crippen molar-refractivity contribution in [3.63, 3.8) is 0 Å². The molecule has 110 valence electrons. The fraction of sp³-hybridized carbons (Fsp3) is 0.357. The van der Waals surface area contributed by atoms with Gasteiger partial charge in [0, 0.05) is 11.3 Å². The summed E-state index contributed by atoms with van der Waals surface area (Å²) in [7, 11) is 5.70. The third-order valence-electron chi connectivity index (χ3n) is 2.73. The molecule has 0 atom stereocenters. The topological polar surface area (TPSA) is 27.1 Å². The van der Waals surface area contributed by atoms with Crippen LogP contribution in [0.1, 0.15) is 19.5 Å². The van der Waals surface area contributed by atoms with Crippen LogP contribution in [0.5, 0.6) is 5.75 Å². The third kappa shape index (κ3) is 4.27. The van der Waals surface area contributed by atoms with Gasteiger partial charge in [0.05, 0.1) is 5.69 Å². The van der Waals surface area contributed by atoms with Gasteiger partial charge >= 0.3 is 6.36 Å². The van der Waals surface area contributed by atoms with Crippen molar-refractivity contribution in [3.05, 3.63) is 36.0 Å². The largest absolute Gasteiger partial charge is 0.573 e. The van der Waals surface area contributed by atoms with E-state index in [0.29, 0.717) is 17.2 Å². The summed E-state index contributed by atoms with van der Waals surface area (Å²) < 4.78 is 41.8. The highest BCUT2D eigenvalue weighted by molar-refractivity contribution is 6.30. The molecule has 0 fully saturated rings. The quantitative estimate of drug-likeness (QED) is 0.811. The zero-order valence-corrected chi connectivity index (χ0v) is 11.7. The minimum Gasteiger partial charge on any atom is -0.406 e. The normalized spacial score (nSPS) is 11.9. The molecule has 2 radical (unpaired) electrons. The van der Waals surface area contributed by atoms with Crippen LogP contribution < -0.4 is 10.3 Å². The molecule has 0 spiro atoms. The number of aromatic nitrogens is 2. The van der Waals surface area contributed by atoms with Gasteiger partial charge in [0.25, 0.3) is 0 Å². The van der Waals surface area contributed by atoms with Crippen LogP contribution >= 0.6 is 0 Å². The van der Waals surface area contributed by atoms with Gasteiger partial charge in [0.1, 0.15) is 13.6 Å². The summed E-state index contributed by atoms with van der Waals surface area (Å²) in [5, 5.41) is 4.17. The number of alkyl halides is 3. The summed E-state index contributed by atoms with van der Waals surface area (Å²) in [6.45, 7) is 4.13. The van der Waals surface area contributed by atoms with Gasteiger partial charge in [-0.15, -0.1) is 13.2 Å². The molecule has 0 aliphatic carbocycles. The van der Waals surface area contributed by atoms with Crippen molar-refractivity contribution in [1.82, 2.24) is 9.78 Å². The molecule has 3 nitrogen and oxygen atoms in total. The summed E-state index contributed by atoms with van der Waals surface area (Å²) in [4.78, 5) is 0. The van der Waals surface area contributed by atoms with Crippen LogP contribution in [0.25, 0.3) is 5.69 Å². The second-order valence-corrected chi connectivity index (χ2v) is 5.11. The predicted molar refractivity (Wildman–Crippen MR) is 74.2 cm³/mol. The molecule has 21 heavy (non-hydrogen) atoms. The first-order chi connectivity index (χ1) is 9.74. The fourth-order valence-corrected chi connectivity index (χ4v) is 2.02. The molecule has 2 aromatic rings. The van der Waals surface area contributed by atoms with Crippen molar-refractivity contribution in [3.8, 4) is 11.4 Å². The van der Waals surface area contributed by atoms with Crippen LogP contribution in [0, 0.1) is 5.92 Å². The Kier molecular flexibility index (Phi) is 4.30. The maximum atomic E-state index is 12.1. The monoisotopic (exact) mass is 294 g/mol. The van der Waals surface area contributed by atoms with Crippen molar-refractivity contribution in [2.45, 2.75) is 26.6 Å². The maximum absolute atomic E-state index is 12.1. The number of rotatable bonds is 4. The highest BCUT2D eigenvalue weighted by Crippen LogP contribution is 2.24. The average Bonchev–Trinajstić information content (AvgIpc) is 2.68. The van der Waals surface area contributed by atoms with Crippen LogP contribution in [0.3, 0.4) is 0 Å². The number of nitrogens with zero attached hydrogens (tertiary/aromatic N) is 2. The molecule has 0 N–H and O–H groups in total. The van der Waals surface area contributed by atoms with Crippen molar-refractivity contribution < 1.29 is 17.9 Å². The Bertz CT molecular complexity index is 606. The molecule has 2 rings (SSSR count). The lowest BCUT2D eigenvalue weighted by molar-refractivity contribution is -0.274. The number of benzene rings is 1. The molecular formula is C14H14BF3N2O. The van der Waals surface area contributed by atoms with Crippen molar-refractivity contribution >= 4 is 13.4 Å². The van der Waals surface area contributed by atoms with Gasteiger partial charge in [-0.3, -0.25) is 0 Å². The first kappa shape index (κ1) is 15.5. The SMILES string of the molecule is [B]c1cc(CC(C)C)n(-c2ccc(OC(F)(F)F)cc2)n1. The number of ether oxygens (including phenoxy) is 1. The molecule has 0 aliphatic rings. The lowest BCUT2D eigenvalue weighted by Crippen LogP contribution is -2.17. The van der Waals surface area contributed by atoms with Gasteiger partial charge in [-0.1, -0.05) is 13.8 Å². The van der Waals surface area contributed by atoms with E-state index in [0.717, 1.165) is 12.1 Å². The number of hydrogen-bond donors (Lipinski definition) is 0. The molecule has 0 saturated heterocycles. The summed E-state index contributed by atoms with van der Waals surface area (Å²) in [6.07, 6.45) is -3.93. The lowest BCUT2D eigenvalue weighted by atomic mass is 10.0. The fourth-order valence-electron chi connectivity index (χ4n) is 2.02. The predicted octanol–water partition coefficient (Wildman–Crippen LogP) is 2.76. The Balaban J connectivity index is 2.26. The third-order valence-corrected chi connectivity index (χ3v) is 2.73. The van der Waals surface area contributed by atoms with E-state index < -0.39 is 6.36 Å². The second-order valence-electron chi connectivity index (χ2n) is 5.11. The molecule has 0 bridgehead atoms. The minimum absolute atomic E-state index is 0.267. The van der Waals surface area contributed by atoms with E-state index in [9.17, 15) is 13.2 Å². The highest BCUT2D eigenvalue weighted by Gasteiger charge is 2.31. The maximum Gasteiger partial charge on any atom is 0.573 e. The summed E-state index contributed by atoms with van der Waals surface area (Å²) in [6, 6.07) is 7.29. The smallest absolute Gasteiger partial charge is 0.406 e. The van der Waals surface area contributed by atoms with E-state index in [-0.39, 0.29) is 5.75 Å². The van der Waals surface area contributed by atoms with E-state index in [4.69, 9.17) is 7.85 Å². The standard InChI is InChI=1S/C14H14BF3N2O/c1-9(2)7-11-8-13(15)19-20(11)10-3-5-12(6-4-10)21-14(16,17)18/h3-6,8-9H,7H2,1-2H3. The Morgan fingerprint density at radius 2 is 1.86 bits per heavy atom. The number of hydrogen-bond acceptors (Lipinski definition) is 2. The Morgan fingerprint density at radius 1 is 1.24 bits per heavy atom. The van der Waals surface area contributed by atoms with E-state index in [2.05, 4.69) is 23.7 Å². The van der Waals surface area contributed by atoms with Crippen LogP contribution in [-0.4, -0.2) is 24.0 Å². The van der Waals surface area contributed by atoms with Crippen LogP contribution in [-0.2, 0) is 6.42 Å². The lowest BCUT2D eigenvalue weighted by Gasteiger charge is -2.11. The molecule has 0 unspecified atom stereocenters. The van der Waals surface area contributed by atoms with E-state index in [1.165, 1.54) is 24.3 Å². The molecule has 0 amide bonds. The van der Waals surface area contributed by atoms with Gasteiger partial charge in [-0.25, -0.2) is 4.68 Å². The molecule has 7 heteroatoms. The summed E-state index contributed by atoms with van der Waals surface area (Å²) in [5.74, 6) is 0.143. The summed E-state index contributed by atoms with van der Waals surface area (Å²) >= 11 is 0. The molecule has 0 aliphatic heterocycles. The average molecular weight is 294 g/mol. The van der Waals surface area contributed by atoms with Gasteiger partial charge in [-0.05, 0) is 42.7 Å². The number of halogens is 3. The van der Waals surface area contributed by atoms with E-state index in [1.807, 2.05) is 0 Å². The molecule has 1 aromatic carbocycles. The van der Waals surface area contributed by atoms with Crippen molar-refractivity contribution in [2.24, 2.45) is 5.92 Å². The first-order valence-electron chi connectivity index (χ1n) is 6.45. The van der Waals surface area contributed by atoms with Crippen LogP contribution in [0.4, 0.5) is 13.2 Å². The molecular weight excluding hydrogens is 280 g/mol. The molecule has 1 heterocycles. The Morgan fingerprint density at radius 3 is 2.38 bits per heavy atom. The zero-order chi connectivity index (χ0) is 15.6. The highest BCUT2D eigenvalue weighted by atomic mass is 19.4.